The Morgan fingerprint density at radius 2 is 2.42 bits per heavy atom. The predicted octanol–water partition coefficient (Wildman–Crippen LogP) is 2.18. The monoisotopic (exact) mass is 210 g/mol. The Morgan fingerprint density at radius 1 is 1.75 bits per heavy atom. The van der Waals surface area contributed by atoms with Crippen LogP contribution in [0.25, 0.3) is 0 Å². The van der Waals surface area contributed by atoms with E-state index in [0.717, 1.165) is 6.42 Å². The van der Waals surface area contributed by atoms with E-state index in [-0.39, 0.29) is 11.9 Å². The van der Waals surface area contributed by atoms with Crippen molar-refractivity contribution in [3.05, 3.63) is 0 Å². The molecule has 1 heterocycles. The first-order valence-electron chi connectivity index (χ1n) is 4.07. The third kappa shape index (κ3) is 1.55. The van der Waals surface area contributed by atoms with E-state index in [0.29, 0.717) is 18.9 Å². The minimum atomic E-state index is -0.851. The largest absolute Gasteiger partial charge is 0.464 e. The summed E-state index contributed by atoms with van der Waals surface area (Å²) in [6.45, 7) is 2.35. The molecule has 2 atom stereocenters. The second-order valence-corrected chi connectivity index (χ2v) is 4.05. The van der Waals surface area contributed by atoms with E-state index in [2.05, 4.69) is 0 Å². The van der Waals surface area contributed by atoms with Gasteiger partial charge in [-0.2, -0.15) is 0 Å². The number of esters is 1. The van der Waals surface area contributed by atoms with Crippen LogP contribution in [-0.2, 0) is 9.53 Å². The van der Waals surface area contributed by atoms with Crippen molar-refractivity contribution >= 4 is 29.2 Å². The van der Waals surface area contributed by atoms with E-state index in [4.69, 9.17) is 27.9 Å². The van der Waals surface area contributed by atoms with Crippen LogP contribution in [0.4, 0.5) is 0 Å². The molecule has 0 aliphatic carbocycles. The zero-order valence-electron chi connectivity index (χ0n) is 6.98. The van der Waals surface area contributed by atoms with E-state index in [9.17, 15) is 4.79 Å². The SMILES string of the molecule is CCC[C@@]1(Cl)C(=O)OC[C@H]1CCl. The average Bonchev–Trinajstić information content (AvgIpc) is 2.30. The van der Waals surface area contributed by atoms with Crippen molar-refractivity contribution in [2.24, 2.45) is 5.92 Å². The molecule has 2 nitrogen and oxygen atoms in total. The zero-order valence-corrected chi connectivity index (χ0v) is 8.49. The lowest BCUT2D eigenvalue weighted by atomic mass is 9.92. The summed E-state index contributed by atoms with van der Waals surface area (Å²) in [4.78, 5) is 10.4. The van der Waals surface area contributed by atoms with E-state index < -0.39 is 4.87 Å². The van der Waals surface area contributed by atoms with Gasteiger partial charge in [-0.1, -0.05) is 13.3 Å². The molecule has 4 heteroatoms. The van der Waals surface area contributed by atoms with Crippen LogP contribution in [0, 0.1) is 5.92 Å². The smallest absolute Gasteiger partial charge is 0.327 e. The lowest BCUT2D eigenvalue weighted by molar-refractivity contribution is -0.140. The van der Waals surface area contributed by atoms with Crippen LogP contribution in [0.2, 0.25) is 0 Å². The number of halogens is 2. The summed E-state index contributed by atoms with van der Waals surface area (Å²) in [7, 11) is 0. The van der Waals surface area contributed by atoms with E-state index >= 15 is 0 Å². The molecule has 1 fully saturated rings. The van der Waals surface area contributed by atoms with Gasteiger partial charge in [-0.25, -0.2) is 0 Å². The summed E-state index contributed by atoms with van der Waals surface area (Å²) in [5.74, 6) is 0.0415. The Morgan fingerprint density at radius 3 is 2.92 bits per heavy atom. The lowest BCUT2D eigenvalue weighted by Crippen LogP contribution is -2.35. The summed E-state index contributed by atoms with van der Waals surface area (Å²) >= 11 is 11.8. The van der Waals surface area contributed by atoms with Crippen molar-refractivity contribution in [1.29, 1.82) is 0 Å². The third-order valence-electron chi connectivity index (χ3n) is 2.20. The van der Waals surface area contributed by atoms with Gasteiger partial charge in [0.1, 0.15) is 4.87 Å². The van der Waals surface area contributed by atoms with Gasteiger partial charge in [0.15, 0.2) is 0 Å². The molecule has 0 saturated carbocycles. The number of cyclic esters (lactones) is 1. The highest BCUT2D eigenvalue weighted by molar-refractivity contribution is 6.35. The average molecular weight is 211 g/mol. The van der Waals surface area contributed by atoms with Crippen molar-refractivity contribution in [2.75, 3.05) is 12.5 Å². The first-order chi connectivity index (χ1) is 5.65. The van der Waals surface area contributed by atoms with Gasteiger partial charge >= 0.3 is 5.97 Å². The molecule has 0 radical (unpaired) electrons. The Kier molecular flexibility index (Phi) is 3.24. The fourth-order valence-corrected chi connectivity index (χ4v) is 2.25. The molecule has 0 unspecified atom stereocenters. The zero-order chi connectivity index (χ0) is 9.19. The molecule has 0 aromatic carbocycles. The minimum Gasteiger partial charge on any atom is -0.464 e. The van der Waals surface area contributed by atoms with Crippen molar-refractivity contribution in [1.82, 2.24) is 0 Å². The van der Waals surface area contributed by atoms with Gasteiger partial charge in [-0.05, 0) is 6.42 Å². The van der Waals surface area contributed by atoms with Gasteiger partial charge < -0.3 is 4.74 Å². The molecule has 1 aliphatic rings. The van der Waals surface area contributed by atoms with Crippen LogP contribution >= 0.6 is 23.2 Å². The number of carbonyl (C=O) groups excluding carboxylic acids is 1. The normalized spacial score (nSPS) is 35.2. The van der Waals surface area contributed by atoms with Gasteiger partial charge in [0.25, 0.3) is 0 Å². The number of rotatable bonds is 3. The summed E-state index contributed by atoms with van der Waals surface area (Å²) < 4.78 is 4.87. The summed E-state index contributed by atoms with van der Waals surface area (Å²) in [6.07, 6.45) is 1.51. The van der Waals surface area contributed by atoms with E-state index in [1.54, 1.807) is 0 Å². The van der Waals surface area contributed by atoms with Crippen molar-refractivity contribution < 1.29 is 9.53 Å². The van der Waals surface area contributed by atoms with Crippen molar-refractivity contribution in [2.45, 2.75) is 24.6 Å². The molecule has 0 N–H and O–H groups in total. The van der Waals surface area contributed by atoms with Crippen LogP contribution in [0.5, 0.6) is 0 Å². The molecule has 0 aromatic heterocycles. The first-order valence-corrected chi connectivity index (χ1v) is 4.98. The Bertz CT molecular complexity index is 184. The Balaban J connectivity index is 2.73. The highest BCUT2D eigenvalue weighted by Crippen LogP contribution is 2.38. The van der Waals surface area contributed by atoms with Gasteiger partial charge in [0.2, 0.25) is 0 Å². The van der Waals surface area contributed by atoms with Crippen LogP contribution < -0.4 is 0 Å². The van der Waals surface area contributed by atoms with Crippen molar-refractivity contribution in [3.8, 4) is 0 Å². The Labute approximate surface area is 82.2 Å². The quantitative estimate of drug-likeness (QED) is 0.528. The number of carbonyl (C=O) groups is 1. The Hall–Kier alpha value is 0.0500. The number of hydrogen-bond acceptors (Lipinski definition) is 2. The lowest BCUT2D eigenvalue weighted by Gasteiger charge is -2.21. The third-order valence-corrected chi connectivity index (χ3v) is 3.23. The summed E-state index contributed by atoms with van der Waals surface area (Å²) in [5.41, 5.74) is 0. The van der Waals surface area contributed by atoms with Gasteiger partial charge in [0.05, 0.1) is 6.61 Å². The van der Waals surface area contributed by atoms with Crippen LogP contribution in [0.3, 0.4) is 0 Å². The van der Waals surface area contributed by atoms with Gasteiger partial charge in [-0.3, -0.25) is 4.79 Å². The van der Waals surface area contributed by atoms with Gasteiger partial charge in [-0.15, -0.1) is 23.2 Å². The number of ether oxygens (including phenoxy) is 1. The maximum absolute atomic E-state index is 11.2. The summed E-state index contributed by atoms with van der Waals surface area (Å²) in [5, 5.41) is 0. The standard InChI is InChI=1S/C8H12Cl2O2/c1-2-3-8(10)6(4-9)5-12-7(8)11/h6H,2-5H2,1H3/t6-,8+/m1/s1. The van der Waals surface area contributed by atoms with Gasteiger partial charge in [0, 0.05) is 11.8 Å². The fraction of sp³-hybridized carbons (Fsp3) is 0.875. The second kappa shape index (κ2) is 3.84. The summed E-state index contributed by atoms with van der Waals surface area (Å²) in [6, 6.07) is 0. The number of alkyl halides is 2. The maximum Gasteiger partial charge on any atom is 0.327 e. The predicted molar refractivity (Wildman–Crippen MR) is 48.7 cm³/mol. The molecule has 0 aromatic rings. The van der Waals surface area contributed by atoms with Crippen LogP contribution in [0.15, 0.2) is 0 Å². The molecule has 0 spiro atoms. The molecule has 1 saturated heterocycles. The second-order valence-electron chi connectivity index (χ2n) is 3.06. The first kappa shape index (κ1) is 10.1. The highest BCUT2D eigenvalue weighted by Gasteiger charge is 2.49. The highest BCUT2D eigenvalue weighted by atomic mass is 35.5. The molecule has 70 valence electrons. The maximum atomic E-state index is 11.2. The van der Waals surface area contributed by atoms with Crippen LogP contribution in [0.1, 0.15) is 19.8 Å². The topological polar surface area (TPSA) is 26.3 Å². The molecule has 12 heavy (non-hydrogen) atoms. The molecular weight excluding hydrogens is 199 g/mol. The number of hydrogen-bond donors (Lipinski definition) is 0. The fourth-order valence-electron chi connectivity index (χ4n) is 1.43. The molecule has 1 aliphatic heterocycles. The van der Waals surface area contributed by atoms with Crippen molar-refractivity contribution in [3.63, 3.8) is 0 Å². The molecular formula is C8H12Cl2O2. The van der Waals surface area contributed by atoms with Crippen LogP contribution in [-0.4, -0.2) is 23.3 Å². The molecule has 1 rings (SSSR count). The molecule has 0 bridgehead atoms. The van der Waals surface area contributed by atoms with E-state index in [1.165, 1.54) is 0 Å². The minimum absolute atomic E-state index is 0.0340. The van der Waals surface area contributed by atoms with E-state index in [1.807, 2.05) is 6.92 Å². The molecule has 0 amide bonds.